The standard InChI is InChI=1S/C27H37N3O2S/c1-19-9-6-7-10-21(19)24-22-12-18-33-23(22)11-15-30(24)20(2)25(31)28-13-8-14-29(17-16-28)26(32)27(3,4)5/h6-7,9-10,12,18,20,24H,8,11,13-17H2,1-5H3/t20-,24+/m1/s1. The summed E-state index contributed by atoms with van der Waals surface area (Å²) in [6.07, 6.45) is 1.82. The van der Waals surface area contributed by atoms with Crippen LogP contribution in [0.3, 0.4) is 0 Å². The summed E-state index contributed by atoms with van der Waals surface area (Å²) >= 11 is 1.83. The predicted octanol–water partition coefficient (Wildman–Crippen LogP) is 4.50. The average Bonchev–Trinajstić information content (AvgIpc) is 3.13. The zero-order valence-electron chi connectivity index (χ0n) is 20.6. The van der Waals surface area contributed by atoms with Crippen LogP contribution in [-0.4, -0.2) is 65.3 Å². The lowest BCUT2D eigenvalue weighted by Crippen LogP contribution is -2.51. The fraction of sp³-hybridized carbons (Fsp3) is 0.556. The van der Waals surface area contributed by atoms with E-state index in [9.17, 15) is 9.59 Å². The average molecular weight is 468 g/mol. The van der Waals surface area contributed by atoms with Crippen LogP contribution in [0.5, 0.6) is 0 Å². The van der Waals surface area contributed by atoms with Gasteiger partial charge in [-0.05, 0) is 54.8 Å². The van der Waals surface area contributed by atoms with E-state index in [2.05, 4.69) is 54.5 Å². The van der Waals surface area contributed by atoms with Gasteiger partial charge in [-0.25, -0.2) is 0 Å². The number of nitrogens with zero attached hydrogens (tertiary/aromatic N) is 3. The molecule has 6 heteroatoms. The molecule has 0 saturated carbocycles. The lowest BCUT2D eigenvalue weighted by Gasteiger charge is -2.41. The van der Waals surface area contributed by atoms with Crippen molar-refractivity contribution in [3.63, 3.8) is 0 Å². The first-order valence-electron chi connectivity index (χ1n) is 12.1. The molecule has 0 N–H and O–H groups in total. The summed E-state index contributed by atoms with van der Waals surface area (Å²) in [6.45, 7) is 13.7. The molecule has 2 aliphatic rings. The summed E-state index contributed by atoms with van der Waals surface area (Å²) in [5.41, 5.74) is 3.50. The van der Waals surface area contributed by atoms with Gasteiger partial charge in [0.25, 0.3) is 0 Å². The Balaban J connectivity index is 1.54. The quantitative estimate of drug-likeness (QED) is 0.668. The van der Waals surface area contributed by atoms with Crippen molar-refractivity contribution in [3.05, 3.63) is 57.3 Å². The second-order valence-electron chi connectivity index (χ2n) is 10.4. The molecule has 5 nitrogen and oxygen atoms in total. The molecule has 1 aromatic heterocycles. The van der Waals surface area contributed by atoms with Crippen LogP contribution in [0.25, 0.3) is 0 Å². The molecule has 1 fully saturated rings. The van der Waals surface area contributed by atoms with Crippen LogP contribution in [0.4, 0.5) is 0 Å². The Bertz CT molecular complexity index is 1010. The molecule has 0 unspecified atom stereocenters. The van der Waals surface area contributed by atoms with E-state index in [0.717, 1.165) is 25.9 Å². The van der Waals surface area contributed by atoms with Crippen LogP contribution >= 0.6 is 11.3 Å². The Morgan fingerprint density at radius 1 is 0.970 bits per heavy atom. The Morgan fingerprint density at radius 3 is 2.39 bits per heavy atom. The topological polar surface area (TPSA) is 43.9 Å². The second kappa shape index (κ2) is 9.59. The second-order valence-corrected chi connectivity index (χ2v) is 11.4. The molecule has 0 radical (unpaired) electrons. The molecule has 33 heavy (non-hydrogen) atoms. The highest BCUT2D eigenvalue weighted by molar-refractivity contribution is 7.10. The normalized spacial score (nSPS) is 20.8. The van der Waals surface area contributed by atoms with Crippen molar-refractivity contribution in [1.29, 1.82) is 0 Å². The van der Waals surface area contributed by atoms with Crippen LogP contribution in [0.2, 0.25) is 0 Å². The molecule has 2 aromatic rings. The van der Waals surface area contributed by atoms with Gasteiger partial charge in [-0.3, -0.25) is 14.5 Å². The van der Waals surface area contributed by atoms with Crippen LogP contribution in [0.15, 0.2) is 35.7 Å². The van der Waals surface area contributed by atoms with Gasteiger partial charge in [0.2, 0.25) is 11.8 Å². The molecule has 0 aliphatic carbocycles. The maximum atomic E-state index is 13.7. The van der Waals surface area contributed by atoms with E-state index in [0.29, 0.717) is 19.6 Å². The molecular formula is C27H37N3O2S. The maximum Gasteiger partial charge on any atom is 0.239 e. The molecule has 1 saturated heterocycles. The first-order chi connectivity index (χ1) is 15.7. The SMILES string of the molecule is Cc1ccccc1[C@H]1c2ccsc2CCN1[C@H](C)C(=O)N1CCCN(C(=O)C(C)(C)C)CC1. The van der Waals surface area contributed by atoms with Crippen molar-refractivity contribution in [3.8, 4) is 0 Å². The van der Waals surface area contributed by atoms with Gasteiger partial charge in [0.05, 0.1) is 12.1 Å². The number of aryl methyl sites for hydroxylation is 1. The van der Waals surface area contributed by atoms with E-state index in [1.165, 1.54) is 21.6 Å². The zero-order valence-corrected chi connectivity index (χ0v) is 21.5. The summed E-state index contributed by atoms with van der Waals surface area (Å²) in [5, 5.41) is 2.18. The molecule has 1 aromatic carbocycles. The largest absolute Gasteiger partial charge is 0.340 e. The number of hydrogen-bond donors (Lipinski definition) is 0. The van der Waals surface area contributed by atoms with Gasteiger partial charge < -0.3 is 9.80 Å². The maximum absolute atomic E-state index is 13.7. The predicted molar refractivity (Wildman–Crippen MR) is 134 cm³/mol. The fourth-order valence-electron chi connectivity index (χ4n) is 5.21. The van der Waals surface area contributed by atoms with Gasteiger partial charge in [-0.1, -0.05) is 45.0 Å². The van der Waals surface area contributed by atoms with E-state index in [-0.39, 0.29) is 29.3 Å². The van der Waals surface area contributed by atoms with Gasteiger partial charge in [-0.15, -0.1) is 11.3 Å². The summed E-state index contributed by atoms with van der Waals surface area (Å²) in [4.78, 5) is 34.2. The lowest BCUT2D eigenvalue weighted by atomic mass is 9.89. The fourth-order valence-corrected chi connectivity index (χ4v) is 6.12. The number of amides is 2. The van der Waals surface area contributed by atoms with E-state index in [4.69, 9.17) is 0 Å². The monoisotopic (exact) mass is 467 g/mol. The van der Waals surface area contributed by atoms with E-state index >= 15 is 0 Å². The summed E-state index contributed by atoms with van der Waals surface area (Å²) in [6, 6.07) is 10.7. The molecule has 3 heterocycles. The lowest BCUT2D eigenvalue weighted by molar-refractivity contribution is -0.140. The molecule has 0 spiro atoms. The zero-order chi connectivity index (χ0) is 23.8. The number of carbonyl (C=O) groups excluding carboxylic acids is 2. The van der Waals surface area contributed by atoms with Gasteiger partial charge >= 0.3 is 0 Å². The minimum atomic E-state index is -0.390. The summed E-state index contributed by atoms with van der Waals surface area (Å²) in [5.74, 6) is 0.350. The Morgan fingerprint density at radius 2 is 1.67 bits per heavy atom. The van der Waals surface area contributed by atoms with Crippen molar-refractivity contribution < 1.29 is 9.59 Å². The summed E-state index contributed by atoms with van der Waals surface area (Å²) in [7, 11) is 0. The van der Waals surface area contributed by atoms with Crippen LogP contribution < -0.4 is 0 Å². The highest BCUT2D eigenvalue weighted by Gasteiger charge is 2.38. The molecule has 178 valence electrons. The Kier molecular flexibility index (Phi) is 6.96. The number of rotatable bonds is 3. The van der Waals surface area contributed by atoms with Gasteiger partial charge in [0.1, 0.15) is 0 Å². The van der Waals surface area contributed by atoms with Crippen molar-refractivity contribution in [1.82, 2.24) is 14.7 Å². The molecule has 0 bridgehead atoms. The number of fused-ring (bicyclic) bond motifs is 1. The number of benzene rings is 1. The van der Waals surface area contributed by atoms with Crippen molar-refractivity contribution in [2.24, 2.45) is 5.41 Å². The summed E-state index contributed by atoms with van der Waals surface area (Å²) < 4.78 is 0. The Labute approximate surface area is 202 Å². The minimum absolute atomic E-state index is 0.103. The Hall–Kier alpha value is -2.18. The van der Waals surface area contributed by atoms with Crippen molar-refractivity contribution in [2.45, 2.75) is 59.5 Å². The third-order valence-electron chi connectivity index (χ3n) is 7.08. The van der Waals surface area contributed by atoms with Gasteiger partial charge in [-0.2, -0.15) is 0 Å². The molecule has 2 atom stereocenters. The molecule has 2 amide bonds. The van der Waals surface area contributed by atoms with Crippen molar-refractivity contribution >= 4 is 23.2 Å². The van der Waals surface area contributed by atoms with Crippen LogP contribution in [-0.2, 0) is 16.0 Å². The van der Waals surface area contributed by atoms with E-state index < -0.39 is 0 Å². The van der Waals surface area contributed by atoms with Crippen molar-refractivity contribution in [2.75, 3.05) is 32.7 Å². The number of carbonyl (C=O) groups is 2. The highest BCUT2D eigenvalue weighted by atomic mass is 32.1. The molecular weight excluding hydrogens is 430 g/mol. The first kappa shape index (κ1) is 24.0. The third kappa shape index (κ3) is 4.87. The number of thiophene rings is 1. The molecule has 4 rings (SSSR count). The minimum Gasteiger partial charge on any atom is -0.340 e. The highest BCUT2D eigenvalue weighted by Crippen LogP contribution is 2.40. The first-order valence-corrected chi connectivity index (χ1v) is 13.0. The third-order valence-corrected chi connectivity index (χ3v) is 8.07. The van der Waals surface area contributed by atoms with Crippen LogP contribution in [0.1, 0.15) is 61.7 Å². The van der Waals surface area contributed by atoms with Gasteiger partial charge in [0.15, 0.2) is 0 Å². The van der Waals surface area contributed by atoms with Crippen LogP contribution in [0, 0.1) is 12.3 Å². The number of hydrogen-bond acceptors (Lipinski definition) is 4. The molecule has 2 aliphatic heterocycles. The van der Waals surface area contributed by atoms with E-state index in [1.54, 1.807) is 0 Å². The smallest absolute Gasteiger partial charge is 0.239 e. The van der Waals surface area contributed by atoms with Gasteiger partial charge in [0, 0.05) is 43.0 Å². The van der Waals surface area contributed by atoms with E-state index in [1.807, 2.05) is 41.9 Å².